The second-order valence-corrected chi connectivity index (χ2v) is 6.67. The molecule has 2 aromatic heterocycles. The van der Waals surface area contributed by atoms with Crippen LogP contribution in [0, 0.1) is 18.6 Å². The fourth-order valence-electron chi connectivity index (χ4n) is 2.54. The lowest BCUT2D eigenvalue weighted by atomic mass is 10.2. The number of anilines is 1. The Morgan fingerprint density at radius 2 is 1.85 bits per heavy atom. The number of hydrogen-bond donors (Lipinski definition) is 1. The summed E-state index contributed by atoms with van der Waals surface area (Å²) < 4.78 is 28.8. The molecular formula is C18H12F2N4OS. The Morgan fingerprint density at radius 3 is 2.54 bits per heavy atom. The molecule has 0 saturated heterocycles. The summed E-state index contributed by atoms with van der Waals surface area (Å²) in [5.41, 5.74) is 2.56. The van der Waals surface area contributed by atoms with Gasteiger partial charge in [-0.2, -0.15) is 5.10 Å². The van der Waals surface area contributed by atoms with Crippen LogP contribution >= 0.6 is 11.3 Å². The number of aromatic nitrogens is 3. The molecule has 130 valence electrons. The van der Waals surface area contributed by atoms with Crippen LogP contribution < -0.4 is 5.32 Å². The highest BCUT2D eigenvalue weighted by Crippen LogP contribution is 2.28. The van der Waals surface area contributed by atoms with E-state index in [1.165, 1.54) is 0 Å². The maximum atomic E-state index is 13.3. The predicted molar refractivity (Wildman–Crippen MR) is 95.8 cm³/mol. The van der Waals surface area contributed by atoms with E-state index in [9.17, 15) is 13.6 Å². The average molecular weight is 370 g/mol. The van der Waals surface area contributed by atoms with Gasteiger partial charge in [-0.1, -0.05) is 11.3 Å². The summed E-state index contributed by atoms with van der Waals surface area (Å²) in [7, 11) is 0. The fourth-order valence-corrected chi connectivity index (χ4v) is 3.41. The second-order valence-electron chi connectivity index (χ2n) is 5.64. The molecular weight excluding hydrogens is 358 g/mol. The fraction of sp³-hybridized carbons (Fsp3) is 0.0556. The molecule has 4 aromatic rings. The lowest BCUT2D eigenvalue weighted by Crippen LogP contribution is -2.11. The highest BCUT2D eigenvalue weighted by Gasteiger charge is 2.13. The zero-order valence-corrected chi connectivity index (χ0v) is 14.3. The Labute approximate surface area is 150 Å². The van der Waals surface area contributed by atoms with Gasteiger partial charge in [0.2, 0.25) is 0 Å². The summed E-state index contributed by atoms with van der Waals surface area (Å²) in [6.07, 6.45) is 1.70. The third kappa shape index (κ3) is 2.95. The van der Waals surface area contributed by atoms with Crippen LogP contribution in [0.2, 0.25) is 0 Å². The number of hydrogen-bond acceptors (Lipinski definition) is 4. The van der Waals surface area contributed by atoms with Gasteiger partial charge in [-0.15, -0.1) is 0 Å². The highest BCUT2D eigenvalue weighted by atomic mass is 32.1. The second kappa shape index (κ2) is 6.30. The maximum absolute atomic E-state index is 13.3. The minimum Gasteiger partial charge on any atom is -0.298 e. The van der Waals surface area contributed by atoms with Crippen LogP contribution in [0.1, 0.15) is 16.1 Å². The van der Waals surface area contributed by atoms with Gasteiger partial charge in [0.15, 0.2) is 16.8 Å². The molecule has 0 spiro atoms. The van der Waals surface area contributed by atoms with Gasteiger partial charge in [-0.25, -0.2) is 18.4 Å². The van der Waals surface area contributed by atoms with E-state index < -0.39 is 11.6 Å². The van der Waals surface area contributed by atoms with Gasteiger partial charge in [0.1, 0.15) is 0 Å². The number of nitrogens with zero attached hydrogens (tertiary/aromatic N) is 3. The summed E-state index contributed by atoms with van der Waals surface area (Å²) in [5.74, 6) is -2.26. The molecule has 0 bridgehead atoms. The largest absolute Gasteiger partial charge is 0.298 e. The minimum absolute atomic E-state index is 0.280. The van der Waals surface area contributed by atoms with Crippen LogP contribution in [0.3, 0.4) is 0 Å². The van der Waals surface area contributed by atoms with E-state index in [0.29, 0.717) is 15.8 Å². The van der Waals surface area contributed by atoms with Crippen molar-refractivity contribution in [1.29, 1.82) is 0 Å². The van der Waals surface area contributed by atoms with Crippen LogP contribution in [-0.2, 0) is 0 Å². The van der Waals surface area contributed by atoms with Gasteiger partial charge in [0.05, 0.1) is 15.9 Å². The standard InChI is InChI=1S/C18H12F2N4OS/c1-10-6-7-21-24(10)12-4-2-11(3-5-12)17(25)23-18-22-15-8-13(19)14(20)9-16(15)26-18/h2-9H,1H3,(H,22,23,25). The lowest BCUT2D eigenvalue weighted by molar-refractivity contribution is 0.102. The summed E-state index contributed by atoms with van der Waals surface area (Å²) in [5, 5.41) is 7.15. The normalized spacial score (nSPS) is 11.0. The van der Waals surface area contributed by atoms with E-state index in [1.54, 1.807) is 35.1 Å². The van der Waals surface area contributed by atoms with E-state index in [0.717, 1.165) is 34.9 Å². The zero-order chi connectivity index (χ0) is 18.3. The van der Waals surface area contributed by atoms with Crippen LogP contribution in [0.4, 0.5) is 13.9 Å². The summed E-state index contributed by atoms with van der Waals surface area (Å²) in [6, 6.07) is 10.9. The smallest absolute Gasteiger partial charge is 0.257 e. The van der Waals surface area contributed by atoms with Gasteiger partial charge in [-0.3, -0.25) is 10.1 Å². The Bertz CT molecular complexity index is 1080. The number of amides is 1. The molecule has 0 atom stereocenters. The zero-order valence-electron chi connectivity index (χ0n) is 13.5. The molecule has 2 aromatic carbocycles. The average Bonchev–Trinajstić information content (AvgIpc) is 3.21. The number of thiazole rings is 1. The van der Waals surface area contributed by atoms with Crippen molar-refractivity contribution in [3.05, 3.63) is 71.6 Å². The van der Waals surface area contributed by atoms with E-state index >= 15 is 0 Å². The van der Waals surface area contributed by atoms with Crippen molar-refractivity contribution >= 4 is 32.6 Å². The van der Waals surface area contributed by atoms with Crippen LogP contribution in [-0.4, -0.2) is 20.7 Å². The highest BCUT2D eigenvalue weighted by molar-refractivity contribution is 7.22. The molecule has 1 N–H and O–H groups in total. The van der Waals surface area contributed by atoms with Crippen LogP contribution in [0.25, 0.3) is 15.9 Å². The Morgan fingerprint density at radius 1 is 1.12 bits per heavy atom. The van der Waals surface area contributed by atoms with Gasteiger partial charge >= 0.3 is 0 Å². The van der Waals surface area contributed by atoms with E-state index in [-0.39, 0.29) is 11.0 Å². The lowest BCUT2D eigenvalue weighted by Gasteiger charge is -2.06. The van der Waals surface area contributed by atoms with Crippen molar-refractivity contribution < 1.29 is 13.6 Å². The summed E-state index contributed by atoms with van der Waals surface area (Å²) >= 11 is 1.08. The van der Waals surface area contributed by atoms with E-state index in [1.807, 2.05) is 13.0 Å². The third-order valence-corrected chi connectivity index (χ3v) is 4.79. The SMILES string of the molecule is Cc1ccnn1-c1ccc(C(=O)Nc2nc3cc(F)c(F)cc3s2)cc1. The number of carbonyl (C=O) groups is 1. The molecule has 5 nitrogen and oxygen atoms in total. The number of halogens is 2. The molecule has 0 aliphatic carbocycles. The van der Waals surface area contributed by atoms with E-state index in [2.05, 4.69) is 15.4 Å². The topological polar surface area (TPSA) is 59.8 Å². The first kappa shape index (κ1) is 16.3. The molecule has 8 heteroatoms. The number of carbonyl (C=O) groups excluding carboxylic acids is 1. The Hall–Kier alpha value is -3.13. The Balaban J connectivity index is 1.55. The number of fused-ring (bicyclic) bond motifs is 1. The molecule has 1 amide bonds. The van der Waals surface area contributed by atoms with Crippen molar-refractivity contribution in [2.45, 2.75) is 6.92 Å². The first-order chi connectivity index (χ1) is 12.5. The van der Waals surface area contributed by atoms with Crippen LogP contribution in [0.15, 0.2) is 48.7 Å². The van der Waals surface area contributed by atoms with Gasteiger partial charge < -0.3 is 0 Å². The molecule has 0 fully saturated rings. The molecule has 0 radical (unpaired) electrons. The van der Waals surface area contributed by atoms with Crippen LogP contribution in [0.5, 0.6) is 0 Å². The monoisotopic (exact) mass is 370 g/mol. The minimum atomic E-state index is -0.967. The molecule has 0 aliphatic rings. The molecule has 0 aliphatic heterocycles. The first-order valence-corrected chi connectivity index (χ1v) is 8.51. The van der Waals surface area contributed by atoms with Gasteiger partial charge in [-0.05, 0) is 43.3 Å². The van der Waals surface area contributed by atoms with Crippen molar-refractivity contribution in [1.82, 2.24) is 14.8 Å². The maximum Gasteiger partial charge on any atom is 0.257 e. The molecule has 26 heavy (non-hydrogen) atoms. The third-order valence-electron chi connectivity index (χ3n) is 3.86. The van der Waals surface area contributed by atoms with Crippen molar-refractivity contribution in [3.8, 4) is 5.69 Å². The summed E-state index contributed by atoms with van der Waals surface area (Å²) in [4.78, 5) is 16.5. The summed E-state index contributed by atoms with van der Waals surface area (Å²) in [6.45, 7) is 1.94. The Kier molecular flexibility index (Phi) is 3.96. The molecule has 4 rings (SSSR count). The van der Waals surface area contributed by atoms with Crippen molar-refractivity contribution in [2.24, 2.45) is 0 Å². The molecule has 0 unspecified atom stereocenters. The van der Waals surface area contributed by atoms with Gasteiger partial charge in [0, 0.05) is 23.5 Å². The van der Waals surface area contributed by atoms with Crippen molar-refractivity contribution in [3.63, 3.8) is 0 Å². The van der Waals surface area contributed by atoms with Crippen molar-refractivity contribution in [2.75, 3.05) is 5.32 Å². The molecule has 0 saturated carbocycles. The predicted octanol–water partition coefficient (Wildman–Crippen LogP) is 4.32. The number of aryl methyl sites for hydroxylation is 1. The molecule has 2 heterocycles. The number of rotatable bonds is 3. The number of nitrogens with one attached hydrogen (secondary N) is 1. The van der Waals surface area contributed by atoms with E-state index in [4.69, 9.17) is 0 Å². The van der Waals surface area contributed by atoms with Gasteiger partial charge in [0.25, 0.3) is 5.91 Å². The first-order valence-electron chi connectivity index (χ1n) is 7.69. The number of benzene rings is 2. The quantitative estimate of drug-likeness (QED) is 0.584.